The Bertz CT molecular complexity index is 534. The third kappa shape index (κ3) is 3.77. The van der Waals surface area contributed by atoms with E-state index in [0.717, 1.165) is 25.0 Å². The summed E-state index contributed by atoms with van der Waals surface area (Å²) in [6, 6.07) is 3.51. The average molecular weight is 335 g/mol. The van der Waals surface area contributed by atoms with E-state index in [1.807, 2.05) is 0 Å². The molecule has 0 spiro atoms. The summed E-state index contributed by atoms with van der Waals surface area (Å²) < 4.78 is 44.1. The van der Waals surface area contributed by atoms with E-state index in [-0.39, 0.29) is 22.6 Å². The van der Waals surface area contributed by atoms with Crippen molar-refractivity contribution in [3.63, 3.8) is 0 Å². The second-order valence-corrected chi connectivity index (χ2v) is 7.54. The van der Waals surface area contributed by atoms with Crippen LogP contribution >= 0.6 is 11.6 Å². The standard InChI is InChI=1S/C17H22ClF3O/c1-10(16(2,3)4)14-7-8-15(22-14)12-6-5-11(9-13(12)18)17(19,20)21/h5-6,9-10,14-15H,7-8H2,1-4H3/t10-,14-,15+/m0/s1. The Morgan fingerprint density at radius 3 is 2.32 bits per heavy atom. The molecule has 2 rings (SSSR count). The van der Waals surface area contributed by atoms with Crippen molar-refractivity contribution in [2.45, 2.75) is 58.9 Å². The Morgan fingerprint density at radius 1 is 1.18 bits per heavy atom. The maximum atomic E-state index is 12.7. The lowest BCUT2D eigenvalue weighted by atomic mass is 9.78. The van der Waals surface area contributed by atoms with Crippen molar-refractivity contribution in [3.8, 4) is 0 Å². The minimum atomic E-state index is -4.37. The smallest absolute Gasteiger partial charge is 0.370 e. The minimum absolute atomic E-state index is 0.114. The van der Waals surface area contributed by atoms with Crippen LogP contribution in [-0.4, -0.2) is 6.10 Å². The zero-order valence-electron chi connectivity index (χ0n) is 13.3. The van der Waals surface area contributed by atoms with Crippen LogP contribution in [0.3, 0.4) is 0 Å². The van der Waals surface area contributed by atoms with E-state index in [0.29, 0.717) is 11.5 Å². The van der Waals surface area contributed by atoms with Crippen molar-refractivity contribution in [2.75, 3.05) is 0 Å². The first-order valence-electron chi connectivity index (χ1n) is 7.52. The fourth-order valence-electron chi connectivity index (χ4n) is 2.78. The summed E-state index contributed by atoms with van der Waals surface area (Å²) in [5, 5.41) is 0.129. The molecule has 1 aromatic rings. The highest BCUT2D eigenvalue weighted by molar-refractivity contribution is 6.31. The van der Waals surface area contributed by atoms with Crippen LogP contribution in [-0.2, 0) is 10.9 Å². The Morgan fingerprint density at radius 2 is 1.82 bits per heavy atom. The van der Waals surface area contributed by atoms with Crippen molar-refractivity contribution in [3.05, 3.63) is 34.3 Å². The summed E-state index contributed by atoms with van der Waals surface area (Å²) in [7, 11) is 0. The van der Waals surface area contributed by atoms with E-state index in [2.05, 4.69) is 27.7 Å². The molecule has 0 saturated carbocycles. The molecule has 5 heteroatoms. The molecule has 1 nitrogen and oxygen atoms in total. The normalized spacial score (nSPS) is 24.5. The molecule has 0 N–H and O–H groups in total. The number of hydrogen-bond donors (Lipinski definition) is 0. The van der Waals surface area contributed by atoms with Crippen molar-refractivity contribution < 1.29 is 17.9 Å². The van der Waals surface area contributed by atoms with Crippen molar-refractivity contribution in [1.29, 1.82) is 0 Å². The lowest BCUT2D eigenvalue weighted by Gasteiger charge is -2.32. The van der Waals surface area contributed by atoms with E-state index >= 15 is 0 Å². The molecule has 124 valence electrons. The number of rotatable bonds is 2. The van der Waals surface area contributed by atoms with Gasteiger partial charge in [-0.15, -0.1) is 0 Å². The molecule has 1 heterocycles. The lowest BCUT2D eigenvalue weighted by molar-refractivity contribution is -0.137. The van der Waals surface area contributed by atoms with Gasteiger partial charge in [-0.1, -0.05) is 45.4 Å². The van der Waals surface area contributed by atoms with Gasteiger partial charge in [0, 0.05) is 5.02 Å². The first-order chi connectivity index (χ1) is 10.00. The Kier molecular flexibility index (Phi) is 4.84. The molecule has 1 aromatic carbocycles. The minimum Gasteiger partial charge on any atom is -0.370 e. The van der Waals surface area contributed by atoms with Crippen molar-refractivity contribution in [2.24, 2.45) is 11.3 Å². The molecular weight excluding hydrogens is 313 g/mol. The number of halogens is 4. The largest absolute Gasteiger partial charge is 0.416 e. The zero-order chi connectivity index (χ0) is 16.7. The van der Waals surface area contributed by atoms with Gasteiger partial charge in [0.15, 0.2) is 0 Å². The van der Waals surface area contributed by atoms with Crippen LogP contribution in [0.25, 0.3) is 0 Å². The third-order valence-electron chi connectivity index (χ3n) is 4.65. The molecule has 1 aliphatic heterocycles. The highest BCUT2D eigenvalue weighted by atomic mass is 35.5. The summed E-state index contributed by atoms with van der Waals surface area (Å²) in [6.07, 6.45) is -2.79. The Balaban J connectivity index is 2.15. The van der Waals surface area contributed by atoms with Gasteiger partial charge in [-0.3, -0.25) is 0 Å². The van der Waals surface area contributed by atoms with E-state index < -0.39 is 11.7 Å². The van der Waals surface area contributed by atoms with Crippen LogP contribution < -0.4 is 0 Å². The predicted octanol–water partition coefficient (Wildman–Crippen LogP) is 6.26. The van der Waals surface area contributed by atoms with E-state index in [9.17, 15) is 13.2 Å². The molecule has 0 aliphatic carbocycles. The van der Waals surface area contributed by atoms with Crippen LogP contribution in [0.5, 0.6) is 0 Å². The summed E-state index contributed by atoms with van der Waals surface area (Å²) in [5.74, 6) is 0.366. The first-order valence-corrected chi connectivity index (χ1v) is 7.90. The highest BCUT2D eigenvalue weighted by Gasteiger charge is 2.37. The number of alkyl halides is 3. The van der Waals surface area contributed by atoms with Gasteiger partial charge in [0.1, 0.15) is 0 Å². The second-order valence-electron chi connectivity index (χ2n) is 7.13. The van der Waals surface area contributed by atoms with E-state index in [1.54, 1.807) is 0 Å². The molecule has 3 atom stereocenters. The number of benzene rings is 1. The van der Waals surface area contributed by atoms with Crippen LogP contribution in [0, 0.1) is 11.3 Å². The molecule has 0 amide bonds. The van der Waals surface area contributed by atoms with Crippen LogP contribution in [0.2, 0.25) is 5.02 Å². The molecule has 0 bridgehead atoms. The van der Waals surface area contributed by atoms with Crippen LogP contribution in [0.4, 0.5) is 13.2 Å². The third-order valence-corrected chi connectivity index (χ3v) is 4.98. The van der Waals surface area contributed by atoms with E-state index in [1.165, 1.54) is 6.07 Å². The number of hydrogen-bond acceptors (Lipinski definition) is 1. The Hall–Kier alpha value is -0.740. The monoisotopic (exact) mass is 334 g/mol. The summed E-state index contributed by atoms with van der Waals surface area (Å²) in [5.41, 5.74) is 0.0564. The van der Waals surface area contributed by atoms with Crippen molar-refractivity contribution in [1.82, 2.24) is 0 Å². The maximum absolute atomic E-state index is 12.7. The van der Waals surface area contributed by atoms with Crippen molar-refractivity contribution >= 4 is 11.6 Å². The van der Waals surface area contributed by atoms with Gasteiger partial charge >= 0.3 is 6.18 Å². The quantitative estimate of drug-likeness (QED) is 0.620. The molecule has 1 fully saturated rings. The average Bonchev–Trinajstić information content (AvgIpc) is 2.84. The summed E-state index contributed by atoms with van der Waals surface area (Å²) in [4.78, 5) is 0. The lowest BCUT2D eigenvalue weighted by Crippen LogP contribution is -2.29. The zero-order valence-corrected chi connectivity index (χ0v) is 14.1. The van der Waals surface area contributed by atoms with Gasteiger partial charge in [-0.05, 0) is 41.9 Å². The SMILES string of the molecule is C[C@@H]([C@@H]1CC[C@H](c2ccc(C(F)(F)F)cc2Cl)O1)C(C)(C)C. The molecule has 0 aromatic heterocycles. The maximum Gasteiger partial charge on any atom is 0.416 e. The second kappa shape index (κ2) is 6.04. The fraction of sp³-hybridized carbons (Fsp3) is 0.647. The van der Waals surface area contributed by atoms with Gasteiger partial charge in [-0.25, -0.2) is 0 Å². The molecule has 1 saturated heterocycles. The fourth-order valence-corrected chi connectivity index (χ4v) is 3.08. The Labute approximate surface area is 134 Å². The summed E-state index contributed by atoms with van der Waals surface area (Å²) >= 11 is 6.05. The van der Waals surface area contributed by atoms with Gasteiger partial charge in [0.05, 0.1) is 17.8 Å². The highest BCUT2D eigenvalue weighted by Crippen LogP contribution is 2.43. The summed E-state index contributed by atoms with van der Waals surface area (Å²) in [6.45, 7) is 8.65. The molecule has 0 radical (unpaired) electrons. The number of ether oxygens (including phenoxy) is 1. The molecular formula is C17H22ClF3O. The van der Waals surface area contributed by atoms with Crippen LogP contribution in [0.15, 0.2) is 18.2 Å². The van der Waals surface area contributed by atoms with Crippen LogP contribution in [0.1, 0.15) is 57.8 Å². The van der Waals surface area contributed by atoms with Gasteiger partial charge in [-0.2, -0.15) is 13.2 Å². The molecule has 0 unspecified atom stereocenters. The topological polar surface area (TPSA) is 9.23 Å². The predicted molar refractivity (Wildman–Crippen MR) is 81.9 cm³/mol. The molecule has 22 heavy (non-hydrogen) atoms. The molecule has 1 aliphatic rings. The van der Waals surface area contributed by atoms with Gasteiger partial charge in [0.2, 0.25) is 0 Å². The van der Waals surface area contributed by atoms with E-state index in [4.69, 9.17) is 16.3 Å². The van der Waals surface area contributed by atoms with Gasteiger partial charge < -0.3 is 4.74 Å². The first kappa shape index (κ1) is 17.6. The van der Waals surface area contributed by atoms with Gasteiger partial charge in [0.25, 0.3) is 0 Å².